The van der Waals surface area contributed by atoms with E-state index >= 15 is 0 Å². The van der Waals surface area contributed by atoms with Crippen molar-refractivity contribution in [1.82, 2.24) is 9.88 Å². The Hall–Kier alpha value is -2.41. The summed E-state index contributed by atoms with van der Waals surface area (Å²) < 4.78 is 16.9. The first-order chi connectivity index (χ1) is 12.9. The maximum Gasteiger partial charge on any atom is 0.341 e. The van der Waals surface area contributed by atoms with Crippen LogP contribution in [0.5, 0.6) is 0 Å². The van der Waals surface area contributed by atoms with Crippen molar-refractivity contribution in [2.24, 2.45) is 5.92 Å². The fraction of sp³-hybridized carbons (Fsp3) is 0.500. The summed E-state index contributed by atoms with van der Waals surface area (Å²) >= 11 is 0. The number of rotatable bonds is 3. The fourth-order valence-electron chi connectivity index (χ4n) is 5.68. The molecule has 3 aliphatic carbocycles. The van der Waals surface area contributed by atoms with Gasteiger partial charge in [-0.05, 0) is 43.7 Å². The Morgan fingerprint density at radius 1 is 1.30 bits per heavy atom. The summed E-state index contributed by atoms with van der Waals surface area (Å²) in [5.41, 5.74) is 0.218. The van der Waals surface area contributed by atoms with Crippen molar-refractivity contribution in [3.63, 3.8) is 0 Å². The van der Waals surface area contributed by atoms with Crippen LogP contribution in [0.2, 0.25) is 0 Å². The Morgan fingerprint density at radius 3 is 2.63 bits per heavy atom. The number of nitrogens with zero attached hydrogens (tertiary/aromatic N) is 2. The third-order valence-corrected chi connectivity index (χ3v) is 7.19. The number of halogens is 1. The average Bonchev–Trinajstić information content (AvgIpc) is 3.17. The van der Waals surface area contributed by atoms with Crippen molar-refractivity contribution in [3.8, 4) is 0 Å². The highest BCUT2D eigenvalue weighted by Gasteiger charge is 2.58. The minimum Gasteiger partial charge on any atom is -0.477 e. The van der Waals surface area contributed by atoms with Gasteiger partial charge in [-0.25, -0.2) is 9.18 Å². The first-order valence-electron chi connectivity index (χ1n) is 9.58. The number of aromatic carboxylic acids is 1. The predicted molar refractivity (Wildman–Crippen MR) is 98.0 cm³/mol. The zero-order valence-corrected chi connectivity index (χ0v) is 14.7. The van der Waals surface area contributed by atoms with E-state index in [9.17, 15) is 19.1 Å². The lowest BCUT2D eigenvalue weighted by molar-refractivity contribution is -0.0860. The molecule has 1 aromatic carbocycles. The SMILES string of the molecule is O=C(O)c1cn(C23CC(C2)C3)c2cc(N3CC4CC3CN4)c(F)cc2c1=O. The Balaban J connectivity index is 1.59. The number of benzene rings is 1. The van der Waals surface area contributed by atoms with Crippen molar-refractivity contribution < 1.29 is 14.3 Å². The Labute approximate surface area is 154 Å². The van der Waals surface area contributed by atoms with Gasteiger partial charge in [0.2, 0.25) is 5.43 Å². The van der Waals surface area contributed by atoms with E-state index in [1.54, 1.807) is 6.07 Å². The quantitative estimate of drug-likeness (QED) is 0.864. The predicted octanol–water partition coefficient (Wildman–Crippen LogP) is 1.90. The van der Waals surface area contributed by atoms with Gasteiger partial charge in [-0.2, -0.15) is 0 Å². The van der Waals surface area contributed by atoms with Crippen LogP contribution >= 0.6 is 0 Å². The van der Waals surface area contributed by atoms with Crippen LogP contribution < -0.4 is 15.6 Å². The van der Waals surface area contributed by atoms with Gasteiger partial charge in [0.05, 0.1) is 11.2 Å². The number of anilines is 1. The van der Waals surface area contributed by atoms with Gasteiger partial charge < -0.3 is 19.9 Å². The highest BCUT2D eigenvalue weighted by atomic mass is 19.1. The van der Waals surface area contributed by atoms with Gasteiger partial charge in [0.1, 0.15) is 11.4 Å². The number of aromatic nitrogens is 1. The number of carboxylic acid groups (broad SMARTS) is 1. The summed E-state index contributed by atoms with van der Waals surface area (Å²) in [5, 5.41) is 13.1. The lowest BCUT2D eigenvalue weighted by Gasteiger charge is -2.63. The minimum absolute atomic E-state index is 0.0957. The number of pyridine rings is 1. The zero-order chi connectivity index (χ0) is 18.5. The fourth-order valence-corrected chi connectivity index (χ4v) is 5.68. The molecule has 3 saturated carbocycles. The maximum absolute atomic E-state index is 15.0. The molecular weight excluding hydrogens is 349 g/mol. The number of carbonyl (C=O) groups is 1. The maximum atomic E-state index is 15.0. The molecule has 2 N–H and O–H groups in total. The smallest absolute Gasteiger partial charge is 0.341 e. The molecule has 2 unspecified atom stereocenters. The summed E-state index contributed by atoms with van der Waals surface area (Å²) in [4.78, 5) is 26.4. The molecule has 2 aromatic rings. The number of fused-ring (bicyclic) bond motifs is 3. The van der Waals surface area contributed by atoms with E-state index in [1.165, 1.54) is 12.3 Å². The lowest BCUT2D eigenvalue weighted by atomic mass is 9.49. The van der Waals surface area contributed by atoms with Crippen LogP contribution in [0, 0.1) is 11.7 Å². The van der Waals surface area contributed by atoms with Crippen LogP contribution in [0.3, 0.4) is 0 Å². The topological polar surface area (TPSA) is 74.6 Å². The van der Waals surface area contributed by atoms with Crippen LogP contribution in [0.1, 0.15) is 36.0 Å². The van der Waals surface area contributed by atoms with E-state index in [4.69, 9.17) is 0 Å². The molecule has 2 atom stereocenters. The summed E-state index contributed by atoms with van der Waals surface area (Å²) in [6.07, 6.45) is 5.52. The second-order valence-corrected chi connectivity index (χ2v) is 8.72. The normalized spacial score (nSPS) is 33.2. The average molecular weight is 369 g/mol. The standard InChI is InChI=1S/C20H20FN3O3/c21-15-2-13-16(3-17(15)23-8-11-1-12(23)7-22-11)24(20-4-10(5-20)6-20)9-14(18(13)25)19(26)27/h2-3,9-12,22H,1,4-8H2,(H,26,27). The molecule has 5 fully saturated rings. The molecule has 7 heteroatoms. The van der Waals surface area contributed by atoms with Gasteiger partial charge in [-0.3, -0.25) is 4.79 Å². The molecule has 27 heavy (non-hydrogen) atoms. The molecule has 2 aliphatic heterocycles. The Morgan fingerprint density at radius 2 is 2.07 bits per heavy atom. The van der Waals surface area contributed by atoms with Crippen LogP contribution in [-0.4, -0.2) is 40.8 Å². The van der Waals surface area contributed by atoms with Crippen LogP contribution in [0.15, 0.2) is 23.1 Å². The number of carboxylic acids is 1. The summed E-state index contributed by atoms with van der Waals surface area (Å²) in [7, 11) is 0. The second kappa shape index (κ2) is 4.90. The summed E-state index contributed by atoms with van der Waals surface area (Å²) in [5.74, 6) is -0.999. The molecule has 6 nitrogen and oxygen atoms in total. The first-order valence-corrected chi connectivity index (χ1v) is 9.58. The van der Waals surface area contributed by atoms with E-state index in [0.717, 1.165) is 38.8 Å². The molecule has 1 aromatic heterocycles. The lowest BCUT2D eigenvalue weighted by Crippen LogP contribution is -2.59. The van der Waals surface area contributed by atoms with Crippen LogP contribution in [0.4, 0.5) is 10.1 Å². The van der Waals surface area contributed by atoms with E-state index in [0.29, 0.717) is 23.2 Å². The molecule has 4 bridgehead atoms. The molecule has 7 rings (SSSR count). The number of hydrogen-bond acceptors (Lipinski definition) is 4. The summed E-state index contributed by atoms with van der Waals surface area (Å²) in [6.45, 7) is 1.61. The van der Waals surface area contributed by atoms with Crippen LogP contribution in [-0.2, 0) is 5.54 Å². The molecular formula is C20H20FN3O3. The molecule has 0 amide bonds. The van der Waals surface area contributed by atoms with Gasteiger partial charge >= 0.3 is 5.97 Å². The number of hydrogen-bond donors (Lipinski definition) is 2. The highest BCUT2D eigenvalue weighted by Crippen LogP contribution is 2.62. The molecule has 2 saturated heterocycles. The van der Waals surface area contributed by atoms with E-state index in [1.807, 2.05) is 4.57 Å². The van der Waals surface area contributed by atoms with E-state index in [2.05, 4.69) is 10.2 Å². The molecule has 5 aliphatic rings. The van der Waals surface area contributed by atoms with Gasteiger partial charge in [-0.1, -0.05) is 0 Å². The molecule has 0 radical (unpaired) electrons. The van der Waals surface area contributed by atoms with E-state index in [-0.39, 0.29) is 22.5 Å². The third kappa shape index (κ3) is 1.92. The monoisotopic (exact) mass is 369 g/mol. The first kappa shape index (κ1) is 15.6. The largest absolute Gasteiger partial charge is 0.477 e. The summed E-state index contributed by atoms with van der Waals surface area (Å²) in [6, 6.07) is 3.69. The van der Waals surface area contributed by atoms with Crippen molar-refractivity contribution in [1.29, 1.82) is 0 Å². The molecule has 140 valence electrons. The molecule has 3 heterocycles. The Kier molecular flexibility index (Phi) is 2.83. The van der Waals surface area contributed by atoms with Crippen molar-refractivity contribution in [2.45, 2.75) is 43.3 Å². The number of piperazine rings is 1. The number of nitrogens with one attached hydrogen (secondary N) is 1. The van der Waals surface area contributed by atoms with Gasteiger partial charge in [0.15, 0.2) is 0 Å². The Bertz CT molecular complexity index is 1060. The van der Waals surface area contributed by atoms with Crippen LogP contribution in [0.25, 0.3) is 10.9 Å². The highest BCUT2D eigenvalue weighted by molar-refractivity contribution is 5.93. The van der Waals surface area contributed by atoms with Gasteiger partial charge in [-0.15, -0.1) is 0 Å². The van der Waals surface area contributed by atoms with E-state index < -0.39 is 17.2 Å². The minimum atomic E-state index is -1.25. The van der Waals surface area contributed by atoms with Crippen molar-refractivity contribution in [2.75, 3.05) is 18.0 Å². The third-order valence-electron chi connectivity index (χ3n) is 7.19. The second-order valence-electron chi connectivity index (χ2n) is 8.72. The van der Waals surface area contributed by atoms with Crippen molar-refractivity contribution >= 4 is 22.6 Å². The van der Waals surface area contributed by atoms with Gasteiger partial charge in [0.25, 0.3) is 0 Å². The van der Waals surface area contributed by atoms with Crippen molar-refractivity contribution in [3.05, 3.63) is 39.9 Å². The zero-order valence-electron chi connectivity index (χ0n) is 14.7. The molecule has 0 spiro atoms. The van der Waals surface area contributed by atoms with Gasteiger partial charge in [0, 0.05) is 42.3 Å².